The molecule has 1 aliphatic carbocycles. The summed E-state index contributed by atoms with van der Waals surface area (Å²) in [5.74, 6) is -0.736. The van der Waals surface area contributed by atoms with Crippen LogP contribution >= 0.6 is 46.3 Å². The number of amides is 2. The van der Waals surface area contributed by atoms with E-state index in [-0.39, 0.29) is 40.2 Å². The van der Waals surface area contributed by atoms with Crippen LogP contribution in [0, 0.1) is 0 Å². The number of nitrogens with zero attached hydrogens (tertiary/aromatic N) is 2. The van der Waals surface area contributed by atoms with Crippen molar-refractivity contribution in [2.24, 2.45) is 0 Å². The first-order chi connectivity index (χ1) is 14.9. The summed E-state index contributed by atoms with van der Waals surface area (Å²) in [6.07, 6.45) is 5.19. The van der Waals surface area contributed by atoms with Crippen molar-refractivity contribution in [3.63, 3.8) is 0 Å². The van der Waals surface area contributed by atoms with E-state index in [1.807, 2.05) is 0 Å². The van der Waals surface area contributed by atoms with Crippen molar-refractivity contribution in [1.82, 2.24) is 14.6 Å². The smallest absolute Gasteiger partial charge is 0.276 e. The van der Waals surface area contributed by atoms with Gasteiger partial charge in [0.15, 0.2) is 5.69 Å². The summed E-state index contributed by atoms with van der Waals surface area (Å²) in [7, 11) is 1.54. The summed E-state index contributed by atoms with van der Waals surface area (Å²) in [6.45, 7) is 0.411. The number of hydrogen-bond donors (Lipinski definition) is 1. The van der Waals surface area contributed by atoms with Crippen LogP contribution in [0.5, 0.6) is 0 Å². The van der Waals surface area contributed by atoms with E-state index in [1.54, 1.807) is 24.3 Å². The average molecular weight is 505 g/mol. The third-order valence-electron chi connectivity index (χ3n) is 5.29. The van der Waals surface area contributed by atoms with Crippen molar-refractivity contribution in [2.75, 3.05) is 20.3 Å². The number of carbonyl (C=O) groups is 2. The minimum Gasteiger partial charge on any atom is -0.383 e. The second-order valence-electron chi connectivity index (χ2n) is 7.41. The molecule has 2 aromatic rings. The Morgan fingerprint density at radius 3 is 2.45 bits per heavy atom. The molecule has 1 fully saturated rings. The van der Waals surface area contributed by atoms with Gasteiger partial charge in [-0.15, -0.1) is 0 Å². The maximum absolute atomic E-state index is 13.5. The van der Waals surface area contributed by atoms with E-state index in [4.69, 9.17) is 39.5 Å². The van der Waals surface area contributed by atoms with Crippen LogP contribution in [0.25, 0.3) is 0 Å². The predicted molar refractivity (Wildman–Crippen MR) is 124 cm³/mol. The predicted octanol–water partition coefficient (Wildman–Crippen LogP) is 5.38. The van der Waals surface area contributed by atoms with Gasteiger partial charge in [-0.3, -0.25) is 9.59 Å². The van der Waals surface area contributed by atoms with Gasteiger partial charge in [0.2, 0.25) is 5.91 Å². The molecule has 0 spiro atoms. The van der Waals surface area contributed by atoms with Crippen molar-refractivity contribution in [2.45, 2.75) is 44.2 Å². The lowest BCUT2D eigenvalue weighted by atomic mass is 9.94. The molecule has 0 aliphatic heterocycles. The van der Waals surface area contributed by atoms with Crippen molar-refractivity contribution in [3.8, 4) is 0 Å². The largest absolute Gasteiger partial charge is 0.383 e. The van der Waals surface area contributed by atoms with E-state index in [0.717, 1.165) is 37.2 Å². The Labute approximate surface area is 201 Å². The topological polar surface area (TPSA) is 71.5 Å². The quantitative estimate of drug-likeness (QED) is 0.524. The van der Waals surface area contributed by atoms with Crippen LogP contribution in [0.4, 0.5) is 0 Å². The first-order valence-electron chi connectivity index (χ1n) is 10.1. The normalized spacial score (nSPS) is 15.5. The van der Waals surface area contributed by atoms with E-state index in [1.165, 1.54) is 18.4 Å². The van der Waals surface area contributed by atoms with E-state index < -0.39 is 11.9 Å². The minimum atomic E-state index is -0.890. The van der Waals surface area contributed by atoms with Crippen LogP contribution in [0.15, 0.2) is 24.3 Å². The zero-order chi connectivity index (χ0) is 22.4. The summed E-state index contributed by atoms with van der Waals surface area (Å²) >= 11 is 19.2. The number of aromatic nitrogens is 1. The first-order valence-corrected chi connectivity index (χ1v) is 12.0. The SMILES string of the molecule is COCCN(C(=O)c1nsc(Cl)c1Cl)[C@@H](C(=O)NC1CCCCC1)c1ccc(Cl)cc1. The Hall–Kier alpha value is -1.38. The van der Waals surface area contributed by atoms with Crippen molar-refractivity contribution in [3.05, 3.63) is 49.9 Å². The molecule has 168 valence electrons. The molecule has 10 heteroatoms. The molecule has 1 heterocycles. The number of benzene rings is 1. The van der Waals surface area contributed by atoms with Crippen molar-refractivity contribution in [1.29, 1.82) is 0 Å². The molecule has 3 rings (SSSR count). The molecule has 0 saturated heterocycles. The van der Waals surface area contributed by atoms with Gasteiger partial charge in [0.1, 0.15) is 15.4 Å². The Balaban J connectivity index is 1.97. The van der Waals surface area contributed by atoms with Crippen LogP contribution in [0.3, 0.4) is 0 Å². The number of rotatable bonds is 8. The maximum Gasteiger partial charge on any atom is 0.276 e. The van der Waals surface area contributed by atoms with Crippen LogP contribution in [-0.2, 0) is 9.53 Å². The zero-order valence-electron chi connectivity index (χ0n) is 17.1. The molecule has 1 N–H and O–H groups in total. The van der Waals surface area contributed by atoms with Gasteiger partial charge in [-0.2, -0.15) is 4.37 Å². The van der Waals surface area contributed by atoms with E-state index in [0.29, 0.717) is 10.6 Å². The molecule has 1 atom stereocenters. The van der Waals surface area contributed by atoms with Crippen LogP contribution < -0.4 is 5.32 Å². The Morgan fingerprint density at radius 2 is 1.87 bits per heavy atom. The number of hydrogen-bond acceptors (Lipinski definition) is 5. The summed E-state index contributed by atoms with van der Waals surface area (Å²) in [4.78, 5) is 28.3. The molecule has 1 aromatic carbocycles. The van der Waals surface area contributed by atoms with Gasteiger partial charge in [-0.05, 0) is 42.1 Å². The van der Waals surface area contributed by atoms with Crippen LogP contribution in [0.1, 0.15) is 54.2 Å². The molecule has 1 aliphatic rings. The first kappa shape index (κ1) is 24.3. The standard InChI is InChI=1S/C21H24Cl3N3O3S/c1-30-12-11-27(21(29)17-16(23)19(24)31-26-17)18(13-7-9-14(22)10-8-13)20(28)25-15-5-3-2-4-6-15/h7-10,15,18H,2-6,11-12H2,1H3,(H,25,28)/t18-/m1/s1. The highest BCUT2D eigenvalue weighted by molar-refractivity contribution is 7.11. The third-order valence-corrected chi connectivity index (χ3v) is 7.16. The van der Waals surface area contributed by atoms with Crippen molar-refractivity contribution >= 4 is 58.1 Å². The fraction of sp³-hybridized carbons (Fsp3) is 0.476. The third kappa shape index (κ3) is 6.11. The number of nitrogens with one attached hydrogen (secondary N) is 1. The summed E-state index contributed by atoms with van der Waals surface area (Å²) in [5.41, 5.74) is 0.664. The van der Waals surface area contributed by atoms with Crippen molar-refractivity contribution < 1.29 is 14.3 Å². The highest BCUT2D eigenvalue weighted by atomic mass is 35.5. The molecule has 6 nitrogen and oxygen atoms in total. The fourth-order valence-corrected chi connectivity index (χ4v) is 4.82. The van der Waals surface area contributed by atoms with Gasteiger partial charge in [0.05, 0.1) is 6.61 Å². The summed E-state index contributed by atoms with van der Waals surface area (Å²) < 4.78 is 9.54. The molecule has 0 unspecified atom stereocenters. The Kier molecular flexibility index (Phi) is 8.98. The van der Waals surface area contributed by atoms with Gasteiger partial charge >= 0.3 is 0 Å². The fourth-order valence-electron chi connectivity index (χ4n) is 3.71. The lowest BCUT2D eigenvalue weighted by molar-refractivity contribution is -0.127. The molecule has 0 radical (unpaired) electrons. The van der Waals surface area contributed by atoms with Gasteiger partial charge in [-0.25, -0.2) is 0 Å². The highest BCUT2D eigenvalue weighted by Gasteiger charge is 2.35. The number of halogens is 3. The van der Waals surface area contributed by atoms with Gasteiger partial charge in [0, 0.05) is 24.7 Å². The average Bonchev–Trinajstić information content (AvgIpc) is 3.10. The molecule has 2 amide bonds. The minimum absolute atomic E-state index is 0.0252. The molecule has 0 bridgehead atoms. The van der Waals surface area contributed by atoms with E-state index >= 15 is 0 Å². The van der Waals surface area contributed by atoms with Crippen LogP contribution in [0.2, 0.25) is 14.4 Å². The van der Waals surface area contributed by atoms with Crippen LogP contribution in [-0.4, -0.2) is 47.4 Å². The lowest BCUT2D eigenvalue weighted by Gasteiger charge is -2.33. The monoisotopic (exact) mass is 503 g/mol. The second-order valence-corrected chi connectivity index (χ2v) is 9.60. The Morgan fingerprint density at radius 1 is 1.19 bits per heavy atom. The summed E-state index contributed by atoms with van der Waals surface area (Å²) in [5, 5.41) is 3.76. The zero-order valence-corrected chi connectivity index (χ0v) is 20.2. The van der Waals surface area contributed by atoms with Gasteiger partial charge in [-0.1, -0.05) is 66.2 Å². The molecule has 1 aromatic heterocycles. The maximum atomic E-state index is 13.5. The molecular weight excluding hydrogens is 481 g/mol. The molecular formula is C21H24Cl3N3O3S. The molecule has 1 saturated carbocycles. The van der Waals surface area contributed by atoms with Gasteiger partial charge in [0.25, 0.3) is 5.91 Å². The lowest BCUT2D eigenvalue weighted by Crippen LogP contribution is -2.48. The van der Waals surface area contributed by atoms with E-state index in [2.05, 4.69) is 9.69 Å². The second kappa shape index (κ2) is 11.5. The number of ether oxygens (including phenoxy) is 1. The van der Waals surface area contributed by atoms with E-state index in [9.17, 15) is 9.59 Å². The Bertz CT molecular complexity index is 901. The number of carbonyl (C=O) groups excluding carboxylic acids is 2. The molecule has 31 heavy (non-hydrogen) atoms. The summed E-state index contributed by atoms with van der Waals surface area (Å²) in [6, 6.07) is 6.09. The number of methoxy groups -OCH3 is 1. The van der Waals surface area contributed by atoms with Gasteiger partial charge < -0.3 is 15.0 Å². The highest BCUT2D eigenvalue weighted by Crippen LogP contribution is 2.33.